The molecule has 1 aliphatic rings. The van der Waals surface area contributed by atoms with Crippen LogP contribution in [0.3, 0.4) is 0 Å². The monoisotopic (exact) mass is 479 g/mol. The number of benzene rings is 1. The highest BCUT2D eigenvalue weighted by Crippen LogP contribution is 2.36. The maximum Gasteiger partial charge on any atom is 0.351 e. The van der Waals surface area contributed by atoms with Gasteiger partial charge < -0.3 is 14.2 Å². The molecule has 3 rings (SSSR count). The molecule has 0 unspecified atom stereocenters. The zero-order valence-corrected chi connectivity index (χ0v) is 17.0. The largest absolute Gasteiger partial charge is 0.493 e. The number of carbonyl (C=O) groups is 1. The van der Waals surface area contributed by atoms with Crippen LogP contribution < -0.4 is 9.47 Å². The van der Waals surface area contributed by atoms with Gasteiger partial charge in [0.15, 0.2) is 11.5 Å². The van der Waals surface area contributed by atoms with Gasteiger partial charge in [0.05, 0.1) is 18.2 Å². The fourth-order valence-electron chi connectivity index (χ4n) is 2.34. The number of methoxy groups -OCH3 is 1. The lowest BCUT2D eigenvalue weighted by Gasteiger charge is -2.11. The molecule has 0 saturated carbocycles. The summed E-state index contributed by atoms with van der Waals surface area (Å²) in [4.78, 5) is 15.8. The Morgan fingerprint density at radius 3 is 2.65 bits per heavy atom. The van der Waals surface area contributed by atoms with Gasteiger partial charge in [0, 0.05) is 18.3 Å². The molecule has 1 aromatic carbocycles. The molecule has 0 fully saturated rings. The van der Waals surface area contributed by atoms with E-state index in [2.05, 4.69) is 36.8 Å². The summed E-state index contributed by atoms with van der Waals surface area (Å²) in [6.45, 7) is 0.493. The Labute approximate surface area is 167 Å². The lowest BCUT2D eigenvalue weighted by molar-refractivity contribution is -0.132. The molecule has 7 heteroatoms. The van der Waals surface area contributed by atoms with Crippen molar-refractivity contribution in [1.82, 2.24) is 4.98 Å². The smallest absolute Gasteiger partial charge is 0.351 e. The van der Waals surface area contributed by atoms with Gasteiger partial charge in [0.25, 0.3) is 0 Å². The maximum absolute atomic E-state index is 11.5. The number of esters is 1. The summed E-state index contributed by atoms with van der Waals surface area (Å²) in [6, 6.07) is 11.3. The molecule has 26 heavy (non-hydrogen) atoms. The predicted molar refractivity (Wildman–Crippen MR) is 105 cm³/mol. The van der Waals surface area contributed by atoms with Crippen LogP contribution in [0.2, 0.25) is 0 Å². The number of halogens is 2. The highest BCUT2D eigenvalue weighted by Gasteiger charge is 2.26. The van der Waals surface area contributed by atoms with Crippen molar-refractivity contribution in [2.45, 2.75) is 6.42 Å². The van der Waals surface area contributed by atoms with E-state index in [9.17, 15) is 4.79 Å². The van der Waals surface area contributed by atoms with Crippen LogP contribution in [0, 0.1) is 0 Å². The van der Waals surface area contributed by atoms with E-state index in [1.807, 2.05) is 36.4 Å². The number of nitrogens with zero attached hydrogens (tertiary/aromatic N) is 1. The first-order valence-electron chi connectivity index (χ1n) is 7.78. The quantitative estimate of drug-likeness (QED) is 0.565. The van der Waals surface area contributed by atoms with Gasteiger partial charge in [-0.15, -0.1) is 0 Å². The molecule has 2 aromatic rings. The summed E-state index contributed by atoms with van der Waals surface area (Å²) < 4.78 is 17.4. The molecule has 0 spiro atoms. The highest BCUT2D eigenvalue weighted by molar-refractivity contribution is 9.14. The van der Waals surface area contributed by atoms with Gasteiger partial charge >= 0.3 is 5.97 Å². The van der Waals surface area contributed by atoms with E-state index >= 15 is 0 Å². The summed E-state index contributed by atoms with van der Waals surface area (Å²) in [7, 11) is 1.58. The Morgan fingerprint density at radius 1 is 1.15 bits per heavy atom. The standard InChI is InChI=1S/C19H15Br2NO4/c1-24-15-10-12(11-16-17(20)18(21)19(23)26-16)5-6-14(15)25-9-7-13-4-2-3-8-22-13/h2-6,8,10-11H,7,9H2,1H3/b16-11-. The van der Waals surface area contributed by atoms with Gasteiger partial charge in [0.2, 0.25) is 0 Å². The number of hydrogen-bond donors (Lipinski definition) is 0. The zero-order valence-electron chi connectivity index (χ0n) is 13.9. The third kappa shape index (κ3) is 4.34. The zero-order chi connectivity index (χ0) is 18.5. The number of hydrogen-bond acceptors (Lipinski definition) is 5. The van der Waals surface area contributed by atoms with Gasteiger partial charge in [-0.1, -0.05) is 12.1 Å². The third-order valence-electron chi connectivity index (χ3n) is 3.62. The summed E-state index contributed by atoms with van der Waals surface area (Å²) in [5.74, 6) is 1.26. The molecule has 1 aromatic heterocycles. The van der Waals surface area contributed by atoms with Crippen LogP contribution in [0.4, 0.5) is 0 Å². The van der Waals surface area contributed by atoms with Crippen molar-refractivity contribution in [3.05, 3.63) is 68.6 Å². The molecule has 0 radical (unpaired) electrons. The lowest BCUT2D eigenvalue weighted by Crippen LogP contribution is -2.04. The molecule has 0 atom stereocenters. The van der Waals surface area contributed by atoms with Crippen molar-refractivity contribution in [3.63, 3.8) is 0 Å². The summed E-state index contributed by atoms with van der Waals surface area (Å²) >= 11 is 6.51. The SMILES string of the molecule is COc1cc(/C=C2\OC(=O)C(Br)=C2Br)ccc1OCCc1ccccn1. The van der Waals surface area contributed by atoms with E-state index in [-0.39, 0.29) is 0 Å². The van der Waals surface area contributed by atoms with Crippen LogP contribution >= 0.6 is 31.9 Å². The number of aromatic nitrogens is 1. The Balaban J connectivity index is 1.71. The fourth-order valence-corrected chi connectivity index (χ4v) is 2.97. The minimum absolute atomic E-state index is 0.366. The average Bonchev–Trinajstić information content (AvgIpc) is 2.90. The van der Waals surface area contributed by atoms with Crippen molar-refractivity contribution in [1.29, 1.82) is 0 Å². The molecule has 0 N–H and O–H groups in total. The first kappa shape index (κ1) is 18.7. The van der Waals surface area contributed by atoms with Crippen molar-refractivity contribution < 1.29 is 19.0 Å². The first-order chi connectivity index (χ1) is 12.6. The van der Waals surface area contributed by atoms with Crippen LogP contribution in [0.15, 0.2) is 57.3 Å². The van der Waals surface area contributed by atoms with Crippen LogP contribution in [-0.2, 0) is 16.0 Å². The molecular weight excluding hydrogens is 466 g/mol. The molecule has 0 amide bonds. The summed E-state index contributed by atoms with van der Waals surface area (Å²) in [5.41, 5.74) is 1.79. The van der Waals surface area contributed by atoms with Crippen molar-refractivity contribution in [2.75, 3.05) is 13.7 Å². The molecule has 0 saturated heterocycles. The Bertz CT molecular complexity index is 878. The molecule has 0 bridgehead atoms. The Kier molecular flexibility index (Phi) is 6.11. The van der Waals surface area contributed by atoms with Crippen molar-refractivity contribution in [3.8, 4) is 11.5 Å². The van der Waals surface area contributed by atoms with E-state index in [0.717, 1.165) is 11.3 Å². The van der Waals surface area contributed by atoms with E-state index in [0.29, 0.717) is 39.3 Å². The van der Waals surface area contributed by atoms with Gasteiger partial charge in [-0.05, 0) is 67.8 Å². The number of rotatable bonds is 6. The second-order valence-corrected chi connectivity index (χ2v) is 6.94. The Hall–Kier alpha value is -2.12. The number of ether oxygens (including phenoxy) is 3. The predicted octanol–water partition coefficient (Wildman–Crippen LogP) is 4.61. The lowest BCUT2D eigenvalue weighted by atomic mass is 10.1. The third-order valence-corrected chi connectivity index (χ3v) is 5.66. The number of allylic oxidation sites excluding steroid dienone is 1. The van der Waals surface area contributed by atoms with Crippen molar-refractivity contribution >= 4 is 43.9 Å². The topological polar surface area (TPSA) is 57.7 Å². The van der Waals surface area contributed by atoms with Crippen LogP contribution in [0.25, 0.3) is 6.08 Å². The average molecular weight is 481 g/mol. The van der Waals surface area contributed by atoms with Gasteiger partial charge in [-0.3, -0.25) is 4.98 Å². The van der Waals surface area contributed by atoms with Gasteiger partial charge in [-0.2, -0.15) is 0 Å². The van der Waals surface area contributed by atoms with Crippen molar-refractivity contribution in [2.24, 2.45) is 0 Å². The Morgan fingerprint density at radius 2 is 2.00 bits per heavy atom. The maximum atomic E-state index is 11.5. The van der Waals surface area contributed by atoms with Crippen LogP contribution in [0.5, 0.6) is 11.5 Å². The second kappa shape index (κ2) is 8.51. The summed E-state index contributed by atoms with van der Waals surface area (Å²) in [5, 5.41) is 0. The molecule has 134 valence electrons. The van der Waals surface area contributed by atoms with E-state index in [1.54, 1.807) is 19.4 Å². The number of carbonyl (C=O) groups excluding carboxylic acids is 1. The van der Waals surface area contributed by atoms with Gasteiger partial charge in [-0.25, -0.2) is 4.79 Å². The molecule has 2 heterocycles. The molecule has 0 aliphatic carbocycles. The minimum Gasteiger partial charge on any atom is -0.493 e. The fraction of sp³-hybridized carbons (Fsp3) is 0.158. The van der Waals surface area contributed by atoms with E-state index in [1.165, 1.54) is 0 Å². The van der Waals surface area contributed by atoms with Gasteiger partial charge in [0.1, 0.15) is 10.2 Å². The highest BCUT2D eigenvalue weighted by atomic mass is 79.9. The van der Waals surface area contributed by atoms with E-state index in [4.69, 9.17) is 14.2 Å². The second-order valence-electron chi connectivity index (χ2n) is 5.36. The summed E-state index contributed by atoms with van der Waals surface area (Å²) in [6.07, 6.45) is 4.22. The van der Waals surface area contributed by atoms with E-state index < -0.39 is 5.97 Å². The molecular formula is C19H15Br2NO4. The number of cyclic esters (lactones) is 1. The number of pyridine rings is 1. The van der Waals surface area contributed by atoms with Crippen LogP contribution in [0.1, 0.15) is 11.3 Å². The molecule has 5 nitrogen and oxygen atoms in total. The normalized spacial score (nSPS) is 15.3. The minimum atomic E-state index is -0.426. The molecule has 1 aliphatic heterocycles. The first-order valence-corrected chi connectivity index (χ1v) is 9.37. The van der Waals surface area contributed by atoms with Crippen LogP contribution in [-0.4, -0.2) is 24.7 Å².